The first-order valence-corrected chi connectivity index (χ1v) is 10.3. The number of benzene rings is 2. The molecule has 4 rings (SSSR count). The highest BCUT2D eigenvalue weighted by molar-refractivity contribution is 5.93. The van der Waals surface area contributed by atoms with E-state index in [1.807, 2.05) is 24.3 Å². The van der Waals surface area contributed by atoms with Crippen LogP contribution in [0.4, 0.5) is 11.4 Å². The van der Waals surface area contributed by atoms with E-state index < -0.39 is 4.92 Å². The third-order valence-electron chi connectivity index (χ3n) is 5.38. The van der Waals surface area contributed by atoms with Gasteiger partial charge in [-0.15, -0.1) is 0 Å². The van der Waals surface area contributed by atoms with Crippen LogP contribution in [0.3, 0.4) is 0 Å². The highest BCUT2D eigenvalue weighted by atomic mass is 16.6. The summed E-state index contributed by atoms with van der Waals surface area (Å²) < 4.78 is 10.6. The molecule has 0 bridgehead atoms. The Bertz CT molecular complexity index is 1100. The number of non-ortho nitro benzene ring substituents is 1. The molecule has 1 aliphatic heterocycles. The summed E-state index contributed by atoms with van der Waals surface area (Å²) in [7, 11) is 1.61. The molecule has 1 N–H and O–H groups in total. The van der Waals surface area contributed by atoms with Gasteiger partial charge in [0.1, 0.15) is 5.75 Å². The largest absolute Gasteiger partial charge is 0.497 e. The molecule has 1 amide bonds. The van der Waals surface area contributed by atoms with E-state index in [2.05, 4.69) is 20.4 Å². The number of carbonyl (C=O) groups excluding carboxylic acids is 1. The van der Waals surface area contributed by atoms with Gasteiger partial charge in [-0.05, 0) is 49.7 Å². The molecule has 0 aliphatic carbocycles. The second kappa shape index (κ2) is 9.56. The van der Waals surface area contributed by atoms with Crippen LogP contribution < -0.4 is 10.1 Å². The van der Waals surface area contributed by atoms with E-state index in [0.717, 1.165) is 30.7 Å². The number of nitrogens with one attached hydrogen (secondary N) is 1. The Labute approximate surface area is 184 Å². The molecule has 0 spiro atoms. The van der Waals surface area contributed by atoms with Crippen molar-refractivity contribution >= 4 is 17.3 Å². The number of aromatic nitrogens is 2. The number of methoxy groups -OCH3 is 1. The maximum atomic E-state index is 12.7. The summed E-state index contributed by atoms with van der Waals surface area (Å²) in [6, 6.07) is 13.3. The monoisotopic (exact) mass is 437 g/mol. The Hall–Kier alpha value is -3.79. The summed E-state index contributed by atoms with van der Waals surface area (Å²) in [6.45, 7) is 1.81. The first-order valence-electron chi connectivity index (χ1n) is 10.3. The summed E-state index contributed by atoms with van der Waals surface area (Å²) in [5.74, 6) is 1.35. The molecule has 1 unspecified atom stereocenters. The maximum Gasteiger partial charge on any atom is 0.271 e. The summed E-state index contributed by atoms with van der Waals surface area (Å²) in [5.41, 5.74) is 1.19. The Morgan fingerprint density at radius 2 is 2.12 bits per heavy atom. The lowest BCUT2D eigenvalue weighted by Gasteiger charge is -2.30. The van der Waals surface area contributed by atoms with Gasteiger partial charge in [-0.1, -0.05) is 11.2 Å². The fraction of sp³-hybridized carbons (Fsp3) is 0.318. The van der Waals surface area contributed by atoms with E-state index in [1.54, 1.807) is 19.2 Å². The summed E-state index contributed by atoms with van der Waals surface area (Å²) in [6.07, 6.45) is 1.60. The number of anilines is 1. The van der Waals surface area contributed by atoms with Crippen molar-refractivity contribution in [2.24, 2.45) is 5.92 Å². The number of rotatable bonds is 7. The lowest BCUT2D eigenvalue weighted by molar-refractivity contribution is -0.384. The van der Waals surface area contributed by atoms with Gasteiger partial charge in [0.05, 0.1) is 24.5 Å². The quantitative estimate of drug-likeness (QED) is 0.440. The van der Waals surface area contributed by atoms with E-state index in [-0.39, 0.29) is 17.5 Å². The fourth-order valence-corrected chi connectivity index (χ4v) is 3.72. The van der Waals surface area contributed by atoms with Crippen LogP contribution in [0, 0.1) is 16.0 Å². The predicted octanol–water partition coefficient (Wildman–Crippen LogP) is 3.50. The molecule has 2 heterocycles. The van der Waals surface area contributed by atoms with Crippen LogP contribution in [0.15, 0.2) is 53.1 Å². The molecule has 3 aromatic rings. The smallest absolute Gasteiger partial charge is 0.271 e. The predicted molar refractivity (Wildman–Crippen MR) is 116 cm³/mol. The molecule has 1 atom stereocenters. The van der Waals surface area contributed by atoms with Crippen molar-refractivity contribution in [1.82, 2.24) is 15.0 Å². The molecule has 2 aromatic carbocycles. The zero-order valence-corrected chi connectivity index (χ0v) is 17.6. The highest BCUT2D eigenvalue weighted by Crippen LogP contribution is 2.24. The molecular formula is C22H23N5O5. The summed E-state index contributed by atoms with van der Waals surface area (Å²) >= 11 is 0. The van der Waals surface area contributed by atoms with E-state index in [0.29, 0.717) is 30.5 Å². The van der Waals surface area contributed by atoms with Crippen LogP contribution in [-0.4, -0.2) is 46.1 Å². The molecular weight excluding hydrogens is 414 g/mol. The Kier molecular flexibility index (Phi) is 6.41. The minimum absolute atomic E-state index is 0.0582. The maximum absolute atomic E-state index is 12.7. The second-order valence-electron chi connectivity index (χ2n) is 7.61. The molecule has 1 saturated heterocycles. The van der Waals surface area contributed by atoms with E-state index in [1.165, 1.54) is 12.1 Å². The standard InChI is InChI=1S/C22H23N5O5/c1-31-19-9-7-15(8-10-19)21-24-20(32-25-21)14-26-11-3-4-16(13-26)22(28)23-17-5-2-6-18(12-17)27(29)30/h2,5-10,12,16H,3-4,11,13-14H2,1H3,(H,23,28). The van der Waals surface area contributed by atoms with Crippen LogP contribution in [0.2, 0.25) is 0 Å². The third kappa shape index (κ3) is 5.09. The molecule has 10 nitrogen and oxygen atoms in total. The molecule has 1 fully saturated rings. The third-order valence-corrected chi connectivity index (χ3v) is 5.38. The first kappa shape index (κ1) is 21.4. The van der Waals surface area contributed by atoms with Crippen molar-refractivity contribution in [3.05, 3.63) is 64.5 Å². The summed E-state index contributed by atoms with van der Waals surface area (Å²) in [5, 5.41) is 17.8. The minimum atomic E-state index is -0.484. The van der Waals surface area contributed by atoms with Crippen molar-refractivity contribution in [2.75, 3.05) is 25.5 Å². The number of carbonyl (C=O) groups is 1. The molecule has 166 valence electrons. The molecule has 0 saturated carbocycles. The van der Waals surface area contributed by atoms with Gasteiger partial charge in [0.25, 0.3) is 5.69 Å². The zero-order valence-electron chi connectivity index (χ0n) is 17.6. The average Bonchev–Trinajstić information content (AvgIpc) is 3.28. The lowest BCUT2D eigenvalue weighted by Crippen LogP contribution is -2.40. The average molecular weight is 437 g/mol. The normalized spacial score (nSPS) is 16.5. The van der Waals surface area contributed by atoms with Gasteiger partial charge < -0.3 is 14.6 Å². The number of piperidine rings is 1. The zero-order chi connectivity index (χ0) is 22.5. The van der Waals surface area contributed by atoms with Crippen LogP contribution in [0.5, 0.6) is 5.75 Å². The first-order chi connectivity index (χ1) is 15.5. The van der Waals surface area contributed by atoms with E-state index >= 15 is 0 Å². The van der Waals surface area contributed by atoms with Gasteiger partial charge >= 0.3 is 0 Å². The SMILES string of the molecule is COc1ccc(-c2noc(CN3CCCC(C(=O)Nc4cccc([N+](=O)[O-])c4)C3)n2)cc1. The molecule has 10 heteroatoms. The fourth-order valence-electron chi connectivity index (χ4n) is 3.72. The molecule has 1 aliphatic rings. The lowest BCUT2D eigenvalue weighted by atomic mass is 9.97. The van der Waals surface area contributed by atoms with Gasteiger partial charge in [0, 0.05) is 29.9 Å². The molecule has 1 aromatic heterocycles. The van der Waals surface area contributed by atoms with E-state index in [4.69, 9.17) is 9.26 Å². The van der Waals surface area contributed by atoms with Crippen molar-refractivity contribution in [1.29, 1.82) is 0 Å². The Morgan fingerprint density at radius 1 is 1.31 bits per heavy atom. The van der Waals surface area contributed by atoms with Crippen molar-refractivity contribution in [2.45, 2.75) is 19.4 Å². The topological polar surface area (TPSA) is 124 Å². The van der Waals surface area contributed by atoms with Crippen LogP contribution in [0.1, 0.15) is 18.7 Å². The minimum Gasteiger partial charge on any atom is -0.497 e. The van der Waals surface area contributed by atoms with Crippen LogP contribution >= 0.6 is 0 Å². The molecule has 32 heavy (non-hydrogen) atoms. The number of nitrogens with zero attached hydrogens (tertiary/aromatic N) is 4. The Balaban J connectivity index is 1.36. The van der Waals surface area contributed by atoms with Crippen molar-refractivity contribution < 1.29 is 19.0 Å². The van der Waals surface area contributed by atoms with Gasteiger partial charge in [-0.3, -0.25) is 19.8 Å². The van der Waals surface area contributed by atoms with Gasteiger partial charge in [0.2, 0.25) is 17.6 Å². The number of amides is 1. The number of hydrogen-bond acceptors (Lipinski definition) is 8. The van der Waals surface area contributed by atoms with Crippen molar-refractivity contribution in [3.8, 4) is 17.1 Å². The van der Waals surface area contributed by atoms with Gasteiger partial charge in [-0.25, -0.2) is 0 Å². The van der Waals surface area contributed by atoms with Gasteiger partial charge in [-0.2, -0.15) is 4.98 Å². The number of nitro benzene ring substituents is 1. The molecule has 0 radical (unpaired) electrons. The van der Waals surface area contributed by atoms with E-state index in [9.17, 15) is 14.9 Å². The number of hydrogen-bond donors (Lipinski definition) is 1. The second-order valence-corrected chi connectivity index (χ2v) is 7.61. The van der Waals surface area contributed by atoms with Gasteiger partial charge in [0.15, 0.2) is 0 Å². The van der Waals surface area contributed by atoms with Crippen LogP contribution in [-0.2, 0) is 11.3 Å². The number of likely N-dealkylation sites (tertiary alicyclic amines) is 1. The highest BCUT2D eigenvalue weighted by Gasteiger charge is 2.27. The Morgan fingerprint density at radius 3 is 2.88 bits per heavy atom. The number of ether oxygens (including phenoxy) is 1. The number of nitro groups is 1. The van der Waals surface area contributed by atoms with Crippen LogP contribution in [0.25, 0.3) is 11.4 Å². The van der Waals surface area contributed by atoms with Crippen molar-refractivity contribution in [3.63, 3.8) is 0 Å². The summed E-state index contributed by atoms with van der Waals surface area (Å²) in [4.78, 5) is 29.7.